The Morgan fingerprint density at radius 1 is 1.30 bits per heavy atom. The Bertz CT molecular complexity index is 398. The van der Waals surface area contributed by atoms with E-state index in [1.807, 2.05) is 30.0 Å². The number of methoxy groups -OCH3 is 1. The third kappa shape index (κ3) is 6.38. The summed E-state index contributed by atoms with van der Waals surface area (Å²) in [5.74, 6) is 3.98. The van der Waals surface area contributed by atoms with Gasteiger partial charge >= 0.3 is 0 Å². The maximum Gasteiger partial charge on any atom is 0.122 e. The number of halogens is 1. The second-order valence-corrected chi connectivity index (χ2v) is 6.86. The first-order chi connectivity index (χ1) is 9.56. The zero-order valence-electron chi connectivity index (χ0n) is 12.9. The van der Waals surface area contributed by atoms with Gasteiger partial charge in [-0.2, -0.15) is 11.8 Å². The highest BCUT2D eigenvalue weighted by atomic mass is 35.5. The molecule has 0 aliphatic rings. The first-order valence-corrected chi connectivity index (χ1v) is 8.73. The summed E-state index contributed by atoms with van der Waals surface area (Å²) in [6, 6.07) is 6.29. The number of benzene rings is 1. The molecular formula is C16H26ClNOS. The van der Waals surface area contributed by atoms with E-state index in [2.05, 4.69) is 26.1 Å². The lowest BCUT2D eigenvalue weighted by molar-refractivity contribution is 0.406. The second-order valence-electron chi connectivity index (χ2n) is 5.35. The molecule has 2 nitrogen and oxygen atoms in total. The van der Waals surface area contributed by atoms with Gasteiger partial charge in [0, 0.05) is 16.8 Å². The van der Waals surface area contributed by atoms with Crippen LogP contribution < -0.4 is 10.1 Å². The van der Waals surface area contributed by atoms with E-state index in [1.54, 1.807) is 7.11 Å². The zero-order valence-corrected chi connectivity index (χ0v) is 14.5. The van der Waals surface area contributed by atoms with Crippen LogP contribution in [0.2, 0.25) is 5.02 Å². The van der Waals surface area contributed by atoms with E-state index < -0.39 is 0 Å². The quantitative estimate of drug-likeness (QED) is 0.735. The molecule has 0 heterocycles. The monoisotopic (exact) mass is 315 g/mol. The number of ether oxygens (including phenoxy) is 1. The van der Waals surface area contributed by atoms with E-state index in [9.17, 15) is 0 Å². The van der Waals surface area contributed by atoms with Gasteiger partial charge in [0.05, 0.1) is 7.11 Å². The van der Waals surface area contributed by atoms with Gasteiger partial charge in [0.15, 0.2) is 0 Å². The standard InChI is InChI=1S/C16H26ClNOS/c1-5-18-15(11-20-10-12(2)3)9-13-8-14(17)6-7-16(13)19-4/h6-8,12,15,18H,5,9-11H2,1-4H3. The van der Waals surface area contributed by atoms with E-state index in [1.165, 1.54) is 11.3 Å². The van der Waals surface area contributed by atoms with Crippen LogP contribution in [0.25, 0.3) is 0 Å². The molecule has 1 N–H and O–H groups in total. The van der Waals surface area contributed by atoms with Gasteiger partial charge in [-0.05, 0) is 48.4 Å². The molecule has 0 aliphatic carbocycles. The van der Waals surface area contributed by atoms with Crippen LogP contribution in [0.4, 0.5) is 0 Å². The Morgan fingerprint density at radius 3 is 2.65 bits per heavy atom. The molecule has 0 saturated heterocycles. The molecule has 0 aromatic heterocycles. The highest BCUT2D eigenvalue weighted by molar-refractivity contribution is 7.99. The molecule has 114 valence electrons. The first kappa shape index (κ1) is 17.7. The van der Waals surface area contributed by atoms with Gasteiger partial charge in [0.25, 0.3) is 0 Å². The molecule has 0 saturated carbocycles. The average molecular weight is 316 g/mol. The van der Waals surface area contributed by atoms with Crippen LogP contribution in [0.1, 0.15) is 26.3 Å². The van der Waals surface area contributed by atoms with Crippen molar-refractivity contribution in [1.82, 2.24) is 5.32 Å². The maximum atomic E-state index is 6.10. The van der Waals surface area contributed by atoms with E-state index in [0.29, 0.717) is 6.04 Å². The summed E-state index contributed by atoms with van der Waals surface area (Å²) in [5, 5.41) is 4.33. The van der Waals surface area contributed by atoms with Crippen LogP contribution in [0, 0.1) is 5.92 Å². The largest absolute Gasteiger partial charge is 0.496 e. The van der Waals surface area contributed by atoms with Crippen molar-refractivity contribution in [2.75, 3.05) is 25.2 Å². The Labute approximate surface area is 132 Å². The lowest BCUT2D eigenvalue weighted by atomic mass is 10.1. The van der Waals surface area contributed by atoms with Gasteiger partial charge < -0.3 is 10.1 Å². The van der Waals surface area contributed by atoms with E-state index in [4.69, 9.17) is 16.3 Å². The molecule has 1 aromatic carbocycles. The van der Waals surface area contributed by atoms with E-state index in [-0.39, 0.29) is 0 Å². The van der Waals surface area contributed by atoms with Gasteiger partial charge in [-0.25, -0.2) is 0 Å². The summed E-state index contributed by atoms with van der Waals surface area (Å²) in [7, 11) is 1.71. The number of likely N-dealkylation sites (N-methyl/N-ethyl adjacent to an activating group) is 1. The molecule has 0 spiro atoms. The van der Waals surface area contributed by atoms with Crippen LogP contribution in [0.3, 0.4) is 0 Å². The van der Waals surface area contributed by atoms with Crippen molar-refractivity contribution in [3.63, 3.8) is 0 Å². The van der Waals surface area contributed by atoms with Crippen molar-refractivity contribution in [3.8, 4) is 5.75 Å². The van der Waals surface area contributed by atoms with Gasteiger partial charge in [0.2, 0.25) is 0 Å². The molecule has 4 heteroatoms. The molecule has 1 aromatic rings. The van der Waals surface area contributed by atoms with Crippen molar-refractivity contribution in [2.24, 2.45) is 5.92 Å². The number of hydrogen-bond donors (Lipinski definition) is 1. The lowest BCUT2D eigenvalue weighted by Gasteiger charge is -2.19. The third-order valence-corrected chi connectivity index (χ3v) is 4.75. The summed E-state index contributed by atoms with van der Waals surface area (Å²) in [4.78, 5) is 0. The number of rotatable bonds is 9. The molecule has 1 unspecified atom stereocenters. The summed E-state index contributed by atoms with van der Waals surface area (Å²) >= 11 is 8.11. The fourth-order valence-electron chi connectivity index (χ4n) is 2.10. The molecule has 1 atom stereocenters. The van der Waals surface area contributed by atoms with Crippen molar-refractivity contribution in [1.29, 1.82) is 0 Å². The van der Waals surface area contributed by atoms with Crippen LogP contribution >= 0.6 is 23.4 Å². The number of nitrogens with one attached hydrogen (secondary N) is 1. The molecule has 0 radical (unpaired) electrons. The van der Waals surface area contributed by atoms with Gasteiger partial charge in [-0.3, -0.25) is 0 Å². The normalized spacial score (nSPS) is 12.7. The van der Waals surface area contributed by atoms with Crippen LogP contribution in [-0.2, 0) is 6.42 Å². The predicted octanol–water partition coefficient (Wildman–Crippen LogP) is 4.26. The highest BCUT2D eigenvalue weighted by Crippen LogP contribution is 2.24. The highest BCUT2D eigenvalue weighted by Gasteiger charge is 2.13. The van der Waals surface area contributed by atoms with Crippen LogP contribution in [0.15, 0.2) is 18.2 Å². The molecule has 0 amide bonds. The second kappa shape index (κ2) is 9.54. The van der Waals surface area contributed by atoms with E-state index >= 15 is 0 Å². The summed E-state index contributed by atoms with van der Waals surface area (Å²) < 4.78 is 5.43. The molecule has 0 fully saturated rings. The summed E-state index contributed by atoms with van der Waals surface area (Å²) in [6.07, 6.45) is 0.947. The van der Waals surface area contributed by atoms with Gasteiger partial charge in [-0.15, -0.1) is 0 Å². The first-order valence-electron chi connectivity index (χ1n) is 7.20. The van der Waals surface area contributed by atoms with Gasteiger partial charge in [-0.1, -0.05) is 32.4 Å². The minimum Gasteiger partial charge on any atom is -0.496 e. The third-order valence-electron chi connectivity index (χ3n) is 2.97. The van der Waals surface area contributed by atoms with Gasteiger partial charge in [0.1, 0.15) is 5.75 Å². The van der Waals surface area contributed by atoms with Crippen molar-refractivity contribution >= 4 is 23.4 Å². The minimum absolute atomic E-state index is 0.455. The van der Waals surface area contributed by atoms with Crippen LogP contribution in [0.5, 0.6) is 5.75 Å². The smallest absolute Gasteiger partial charge is 0.122 e. The van der Waals surface area contributed by atoms with Crippen molar-refractivity contribution < 1.29 is 4.74 Å². The Morgan fingerprint density at radius 2 is 2.05 bits per heavy atom. The lowest BCUT2D eigenvalue weighted by Crippen LogP contribution is -2.33. The summed E-state index contributed by atoms with van der Waals surface area (Å²) in [5.41, 5.74) is 1.18. The van der Waals surface area contributed by atoms with Crippen molar-refractivity contribution in [3.05, 3.63) is 28.8 Å². The topological polar surface area (TPSA) is 21.3 Å². The number of hydrogen-bond acceptors (Lipinski definition) is 3. The average Bonchev–Trinajstić information content (AvgIpc) is 2.38. The molecule has 20 heavy (non-hydrogen) atoms. The zero-order chi connectivity index (χ0) is 15.0. The summed E-state index contributed by atoms with van der Waals surface area (Å²) in [6.45, 7) is 7.65. The fraction of sp³-hybridized carbons (Fsp3) is 0.625. The molecular weight excluding hydrogens is 290 g/mol. The Kier molecular flexibility index (Phi) is 8.43. The van der Waals surface area contributed by atoms with Crippen LogP contribution in [-0.4, -0.2) is 31.2 Å². The minimum atomic E-state index is 0.455. The Balaban J connectivity index is 2.66. The predicted molar refractivity (Wildman–Crippen MR) is 91.3 cm³/mol. The molecule has 0 bridgehead atoms. The maximum absolute atomic E-state index is 6.10. The van der Waals surface area contributed by atoms with Crippen molar-refractivity contribution in [2.45, 2.75) is 33.2 Å². The molecule has 1 rings (SSSR count). The van der Waals surface area contributed by atoms with E-state index in [0.717, 1.165) is 35.4 Å². The number of thioether (sulfide) groups is 1. The molecule has 0 aliphatic heterocycles. The Hall–Kier alpha value is -0.380. The SMILES string of the molecule is CCNC(CSCC(C)C)Cc1cc(Cl)ccc1OC. The fourth-order valence-corrected chi connectivity index (χ4v) is 3.42.